The quantitative estimate of drug-likeness (QED) is 0.169. The minimum absolute atomic E-state index is 0.0322. The second-order valence-corrected chi connectivity index (χ2v) is 11.4. The largest absolute Gasteiger partial charge is 0.500 e. The fraction of sp³-hybridized carbons (Fsp3) is 0.739. The zero-order valence-electron chi connectivity index (χ0n) is 19.1. The van der Waals surface area contributed by atoms with Crippen molar-refractivity contribution in [2.75, 3.05) is 14.2 Å². The maximum absolute atomic E-state index is 14.0. The third kappa shape index (κ3) is 7.50. The van der Waals surface area contributed by atoms with E-state index < -0.39 is 43.5 Å². The van der Waals surface area contributed by atoms with Crippen molar-refractivity contribution in [2.45, 2.75) is 95.6 Å². The minimum atomic E-state index is -3.15. The molecule has 32 heavy (non-hydrogen) atoms. The van der Waals surface area contributed by atoms with E-state index in [0.717, 1.165) is 38.5 Å². The predicted molar refractivity (Wildman–Crippen MR) is 115 cm³/mol. The molecular weight excluding hydrogens is 447 g/mol. The molecule has 1 aromatic rings. The lowest BCUT2D eigenvalue weighted by molar-refractivity contribution is 0.0442. The zero-order chi connectivity index (χ0) is 23.6. The monoisotopic (exact) mass is 482 g/mol. The van der Waals surface area contributed by atoms with Gasteiger partial charge in [-0.3, -0.25) is 0 Å². The molecule has 0 aromatic heterocycles. The fourth-order valence-corrected chi connectivity index (χ4v) is 6.53. The number of halogens is 5. The van der Waals surface area contributed by atoms with Gasteiger partial charge in [-0.1, -0.05) is 57.8 Å². The number of hydrogen-bond donors (Lipinski definition) is 0. The second-order valence-electron chi connectivity index (χ2n) is 8.49. The first kappa shape index (κ1) is 27.2. The first-order chi connectivity index (χ1) is 15.3. The van der Waals surface area contributed by atoms with Gasteiger partial charge in [0.1, 0.15) is 0 Å². The molecule has 0 radical (unpaired) electrons. The molecule has 0 atom stereocenters. The highest BCUT2D eigenvalue weighted by Crippen LogP contribution is 2.28. The number of benzene rings is 1. The van der Waals surface area contributed by atoms with Crippen LogP contribution >= 0.6 is 0 Å². The van der Waals surface area contributed by atoms with E-state index in [9.17, 15) is 22.0 Å². The molecule has 0 N–H and O–H groups in total. The fourth-order valence-electron chi connectivity index (χ4n) is 4.29. The summed E-state index contributed by atoms with van der Waals surface area (Å²) < 4.78 is 85.7. The van der Waals surface area contributed by atoms with Crippen LogP contribution in [-0.4, -0.2) is 29.1 Å². The molecule has 1 aliphatic rings. The molecule has 0 bridgehead atoms. The SMILES string of the molecule is CO[Si](CCCc1c(F)c(F)c(F)c(F)c1F)(OC)OC1CCCCCCCCCCC1. The molecule has 0 unspecified atom stereocenters. The third-order valence-corrected chi connectivity index (χ3v) is 9.13. The molecule has 1 saturated carbocycles. The Morgan fingerprint density at radius 3 is 1.50 bits per heavy atom. The van der Waals surface area contributed by atoms with E-state index in [1.54, 1.807) is 0 Å². The van der Waals surface area contributed by atoms with Gasteiger partial charge in [-0.15, -0.1) is 0 Å². The number of rotatable bonds is 8. The highest BCUT2D eigenvalue weighted by Gasteiger charge is 2.41. The van der Waals surface area contributed by atoms with E-state index in [1.807, 2.05) is 0 Å². The van der Waals surface area contributed by atoms with Crippen LogP contribution in [0.1, 0.15) is 82.6 Å². The van der Waals surface area contributed by atoms with E-state index in [-0.39, 0.29) is 25.0 Å². The molecule has 0 heterocycles. The van der Waals surface area contributed by atoms with Gasteiger partial charge in [0.2, 0.25) is 5.82 Å². The average molecular weight is 483 g/mol. The molecule has 1 aliphatic carbocycles. The maximum Gasteiger partial charge on any atom is 0.500 e. The summed E-state index contributed by atoms with van der Waals surface area (Å²) in [5.41, 5.74) is -0.817. The summed E-state index contributed by atoms with van der Waals surface area (Å²) >= 11 is 0. The van der Waals surface area contributed by atoms with Crippen LogP contribution in [0.2, 0.25) is 6.04 Å². The van der Waals surface area contributed by atoms with Crippen LogP contribution in [0.5, 0.6) is 0 Å². The third-order valence-electron chi connectivity index (χ3n) is 6.23. The lowest BCUT2D eigenvalue weighted by atomic mass is 10.00. The average Bonchev–Trinajstić information content (AvgIpc) is 2.79. The highest BCUT2D eigenvalue weighted by atomic mass is 28.4. The number of hydrogen-bond acceptors (Lipinski definition) is 3. The Labute approximate surface area is 189 Å². The summed E-state index contributed by atoms with van der Waals surface area (Å²) in [7, 11) is -0.203. The van der Waals surface area contributed by atoms with Gasteiger partial charge in [-0.05, 0) is 25.7 Å². The van der Waals surface area contributed by atoms with Gasteiger partial charge in [0, 0.05) is 31.9 Å². The van der Waals surface area contributed by atoms with Crippen LogP contribution in [0.3, 0.4) is 0 Å². The molecule has 2 rings (SSSR count). The van der Waals surface area contributed by atoms with Crippen molar-refractivity contribution < 1.29 is 35.2 Å². The molecule has 3 nitrogen and oxygen atoms in total. The van der Waals surface area contributed by atoms with Crippen molar-refractivity contribution in [1.29, 1.82) is 0 Å². The summed E-state index contributed by atoms with van der Waals surface area (Å²) in [6.45, 7) is 0. The van der Waals surface area contributed by atoms with Crippen molar-refractivity contribution >= 4 is 8.80 Å². The van der Waals surface area contributed by atoms with Crippen LogP contribution < -0.4 is 0 Å². The van der Waals surface area contributed by atoms with Gasteiger partial charge in [0.15, 0.2) is 23.3 Å². The van der Waals surface area contributed by atoms with Crippen LogP contribution in [0, 0.1) is 29.1 Å². The topological polar surface area (TPSA) is 27.7 Å². The van der Waals surface area contributed by atoms with Crippen molar-refractivity contribution in [3.63, 3.8) is 0 Å². The van der Waals surface area contributed by atoms with E-state index >= 15 is 0 Å². The Hall–Kier alpha value is -1.03. The Balaban J connectivity index is 2.03. The predicted octanol–water partition coefficient (Wildman–Crippen LogP) is 7.24. The van der Waals surface area contributed by atoms with E-state index in [1.165, 1.54) is 46.3 Å². The van der Waals surface area contributed by atoms with Gasteiger partial charge < -0.3 is 13.3 Å². The van der Waals surface area contributed by atoms with Crippen LogP contribution in [0.25, 0.3) is 0 Å². The highest BCUT2D eigenvalue weighted by molar-refractivity contribution is 6.60. The molecular formula is C23H35F5O3Si. The van der Waals surface area contributed by atoms with Crippen molar-refractivity contribution in [3.05, 3.63) is 34.6 Å². The molecule has 9 heteroatoms. The Morgan fingerprint density at radius 2 is 1.06 bits per heavy atom. The Kier molecular flexibility index (Phi) is 11.6. The molecule has 0 aliphatic heterocycles. The summed E-state index contributed by atoms with van der Waals surface area (Å²) in [6, 6.07) is 0.218. The molecule has 0 amide bonds. The van der Waals surface area contributed by atoms with Crippen molar-refractivity contribution in [2.24, 2.45) is 0 Å². The minimum Gasteiger partial charge on any atom is -0.377 e. The van der Waals surface area contributed by atoms with Crippen LogP contribution in [-0.2, 0) is 19.7 Å². The van der Waals surface area contributed by atoms with Gasteiger partial charge >= 0.3 is 8.80 Å². The van der Waals surface area contributed by atoms with Crippen LogP contribution in [0.15, 0.2) is 0 Å². The van der Waals surface area contributed by atoms with Crippen molar-refractivity contribution in [3.8, 4) is 0 Å². The molecule has 184 valence electrons. The Bertz CT molecular complexity index is 674. The maximum atomic E-state index is 14.0. The normalized spacial score (nSPS) is 17.7. The Morgan fingerprint density at radius 1 is 0.656 bits per heavy atom. The molecule has 1 aromatic carbocycles. The standard InChI is InChI=1S/C23H35F5O3Si/c1-29-32(30-2,31-17-13-10-8-6-4-3-5-7-9-11-14-17)16-12-15-18-19(24)21(26)23(28)22(27)20(18)25/h17H,3-16H2,1-2H3. The first-order valence-corrected chi connectivity index (χ1v) is 13.6. The lowest BCUT2D eigenvalue weighted by Gasteiger charge is -2.31. The van der Waals surface area contributed by atoms with Gasteiger partial charge in [-0.2, -0.15) is 0 Å². The van der Waals surface area contributed by atoms with E-state index in [4.69, 9.17) is 13.3 Å². The zero-order valence-corrected chi connectivity index (χ0v) is 20.1. The molecule has 0 saturated heterocycles. The summed E-state index contributed by atoms with van der Waals surface area (Å²) in [5, 5.41) is 0. The first-order valence-electron chi connectivity index (χ1n) is 11.6. The molecule has 0 spiro atoms. The smallest absolute Gasteiger partial charge is 0.377 e. The molecule has 1 fully saturated rings. The van der Waals surface area contributed by atoms with E-state index in [0.29, 0.717) is 0 Å². The van der Waals surface area contributed by atoms with Gasteiger partial charge in [0.05, 0.1) is 0 Å². The van der Waals surface area contributed by atoms with Gasteiger partial charge in [0.25, 0.3) is 0 Å². The van der Waals surface area contributed by atoms with Crippen LogP contribution in [0.4, 0.5) is 22.0 Å². The van der Waals surface area contributed by atoms with E-state index in [2.05, 4.69) is 0 Å². The summed E-state index contributed by atoms with van der Waals surface area (Å²) in [5.74, 6) is -9.57. The summed E-state index contributed by atoms with van der Waals surface area (Å²) in [6.07, 6.45) is 12.2. The van der Waals surface area contributed by atoms with Gasteiger partial charge in [-0.25, -0.2) is 22.0 Å². The van der Waals surface area contributed by atoms with Crippen molar-refractivity contribution in [1.82, 2.24) is 0 Å². The second kappa shape index (κ2) is 13.6. The lowest BCUT2D eigenvalue weighted by Crippen LogP contribution is -2.46. The summed E-state index contributed by atoms with van der Waals surface area (Å²) in [4.78, 5) is 0.